The van der Waals surface area contributed by atoms with E-state index >= 15 is 0 Å². The van der Waals surface area contributed by atoms with Crippen molar-refractivity contribution in [3.63, 3.8) is 0 Å². The number of pyridine rings is 1. The van der Waals surface area contributed by atoms with Gasteiger partial charge in [0.15, 0.2) is 0 Å². The van der Waals surface area contributed by atoms with E-state index in [0.29, 0.717) is 23.5 Å². The first-order chi connectivity index (χ1) is 16.8. The predicted molar refractivity (Wildman–Crippen MR) is 132 cm³/mol. The van der Waals surface area contributed by atoms with Crippen LogP contribution >= 0.6 is 11.9 Å². The van der Waals surface area contributed by atoms with Crippen LogP contribution in [0.5, 0.6) is 0 Å². The van der Waals surface area contributed by atoms with Crippen LogP contribution in [0, 0.1) is 11.3 Å². The Hall–Kier alpha value is -1.94. The zero-order chi connectivity index (χ0) is 24.7. The zero-order valence-electron chi connectivity index (χ0n) is 19.1. The number of halogens is 2. The molecule has 0 saturated heterocycles. The Morgan fingerprint density at radius 1 is 1.34 bits per heavy atom. The summed E-state index contributed by atoms with van der Waals surface area (Å²) in [6.07, 6.45) is 5.45. The number of fused-ring (bicyclic) bond motifs is 1. The molecule has 1 fully saturated rings. The second-order valence-electron chi connectivity index (χ2n) is 8.76. The molecule has 0 amide bonds. The van der Waals surface area contributed by atoms with Crippen LogP contribution in [0.15, 0.2) is 29.4 Å². The van der Waals surface area contributed by atoms with E-state index in [-0.39, 0.29) is 9.82 Å². The van der Waals surface area contributed by atoms with Gasteiger partial charge in [0.25, 0.3) is 0 Å². The molecule has 0 radical (unpaired) electrons. The summed E-state index contributed by atoms with van der Waals surface area (Å²) in [5, 5.41) is 17.2. The first kappa shape index (κ1) is 24.7. The van der Waals surface area contributed by atoms with Crippen molar-refractivity contribution in [2.75, 3.05) is 13.1 Å². The average molecular weight is 583 g/mol. The minimum absolute atomic E-state index is 0.0594. The molecule has 0 bridgehead atoms. The number of aromatic nitrogens is 4. The second kappa shape index (κ2) is 9.84. The quantitative estimate of drug-likeness (QED) is 0.320. The van der Waals surface area contributed by atoms with Crippen LogP contribution in [0.2, 0.25) is 0 Å². The number of alkyl halides is 2. The molecule has 1 saturated carbocycles. The topological polar surface area (TPSA) is 99.2 Å². The van der Waals surface area contributed by atoms with E-state index in [1.54, 1.807) is 6.20 Å². The Balaban J connectivity index is 1.54. The third-order valence-corrected chi connectivity index (χ3v) is 10.5. The molecule has 3 aromatic rings. The van der Waals surface area contributed by atoms with Crippen molar-refractivity contribution >= 4 is 48.5 Å². The molecule has 1 aliphatic heterocycles. The van der Waals surface area contributed by atoms with E-state index in [4.69, 9.17) is 0 Å². The van der Waals surface area contributed by atoms with Crippen LogP contribution in [0.3, 0.4) is 0 Å². The fourth-order valence-corrected chi connectivity index (χ4v) is 7.27. The maximum atomic E-state index is 13.1. The molecule has 1 atom stereocenters. The molecule has 1 unspecified atom stereocenters. The molecule has 3 aromatic heterocycles. The number of nitriles is 1. The first-order valence-electron chi connectivity index (χ1n) is 11.1. The van der Waals surface area contributed by atoms with Gasteiger partial charge in [-0.25, -0.2) is 0 Å². The van der Waals surface area contributed by atoms with Gasteiger partial charge in [-0.3, -0.25) is 0 Å². The van der Waals surface area contributed by atoms with Crippen molar-refractivity contribution in [2.45, 2.75) is 55.2 Å². The molecule has 4 heterocycles. The van der Waals surface area contributed by atoms with Crippen molar-refractivity contribution in [1.29, 1.82) is 5.26 Å². The minimum atomic E-state index is -2.62. The molecule has 5 rings (SSSR count). The van der Waals surface area contributed by atoms with Gasteiger partial charge in [0.05, 0.1) is 0 Å². The molecule has 13 heteroatoms. The molecule has 1 aliphatic carbocycles. The molecular formula is C22H23F2N7OS2Se. The van der Waals surface area contributed by atoms with Gasteiger partial charge in [-0.2, -0.15) is 0 Å². The van der Waals surface area contributed by atoms with E-state index in [1.165, 1.54) is 11.9 Å². The first-order valence-corrected chi connectivity index (χ1v) is 14.8. The third-order valence-electron chi connectivity index (χ3n) is 5.94. The Kier molecular flexibility index (Phi) is 6.96. The molecule has 0 aromatic carbocycles. The second-order valence-corrected chi connectivity index (χ2v) is 13.8. The number of nitrogens with zero attached hydrogens (tertiary/aromatic N) is 6. The van der Waals surface area contributed by atoms with Crippen molar-refractivity contribution in [2.24, 2.45) is 0 Å². The molecule has 0 spiro atoms. The average Bonchev–Trinajstić information content (AvgIpc) is 3.25. The summed E-state index contributed by atoms with van der Waals surface area (Å²) in [6, 6.07) is 4.39. The summed E-state index contributed by atoms with van der Waals surface area (Å²) in [5.41, 5.74) is 2.44. The Morgan fingerprint density at radius 2 is 2.14 bits per heavy atom. The Morgan fingerprint density at radius 3 is 2.74 bits per heavy atom. The van der Waals surface area contributed by atoms with Crippen LogP contribution in [-0.2, 0) is 11.0 Å². The van der Waals surface area contributed by atoms with Crippen molar-refractivity contribution in [3.05, 3.63) is 34.7 Å². The zero-order valence-corrected chi connectivity index (χ0v) is 22.4. The van der Waals surface area contributed by atoms with Crippen LogP contribution in [0.4, 0.5) is 8.78 Å². The van der Waals surface area contributed by atoms with Crippen LogP contribution in [-0.4, -0.2) is 66.5 Å². The number of rotatable bonds is 8. The van der Waals surface area contributed by atoms with Gasteiger partial charge in [-0.05, 0) is 0 Å². The van der Waals surface area contributed by atoms with E-state index < -0.39 is 37.5 Å². The van der Waals surface area contributed by atoms with Crippen LogP contribution in [0.25, 0.3) is 21.5 Å². The number of imidazole rings is 1. The summed E-state index contributed by atoms with van der Waals surface area (Å²) in [7, 11) is -1.03. The van der Waals surface area contributed by atoms with E-state index in [1.807, 2.05) is 28.8 Å². The maximum absolute atomic E-state index is 13.1. The summed E-state index contributed by atoms with van der Waals surface area (Å²) in [4.78, 5) is 5.41. The SMILES string of the molecule is CC(C)S(=O)N1CC=C(c2cc(SNC3(C#N)CC3)cn3c(-c4nnc(C(F)F)[se]4)ncc23)CC1. The molecule has 1 N–H and O–H groups in total. The van der Waals surface area contributed by atoms with Crippen LogP contribution in [0.1, 0.15) is 49.7 Å². The molecule has 184 valence electrons. The summed E-state index contributed by atoms with van der Waals surface area (Å²) in [6.45, 7) is 5.16. The number of hydrogen-bond acceptors (Lipinski definition) is 7. The normalized spacial score (nSPS) is 18.7. The van der Waals surface area contributed by atoms with E-state index in [2.05, 4.69) is 38.1 Å². The molecule has 8 nitrogen and oxygen atoms in total. The molecule has 35 heavy (non-hydrogen) atoms. The van der Waals surface area contributed by atoms with Gasteiger partial charge in [0.2, 0.25) is 0 Å². The number of nitrogens with one attached hydrogen (secondary N) is 1. The van der Waals surface area contributed by atoms with Crippen molar-refractivity contribution in [1.82, 2.24) is 28.6 Å². The standard InChI is InChI=1S/C22H23F2N7OS2Se/c1-13(2)34(32)30-7-3-14(4-8-30)16-9-15(33-29-22(12-25)5-6-22)11-31-17(16)10-26-19(31)21-28-27-20(35-21)18(23)24/h3,9-11,13,18,29H,4-8H2,1-2H3. The van der Waals surface area contributed by atoms with Gasteiger partial charge < -0.3 is 0 Å². The van der Waals surface area contributed by atoms with Gasteiger partial charge in [-0.15, -0.1) is 0 Å². The third kappa shape index (κ3) is 5.01. The predicted octanol–water partition coefficient (Wildman–Crippen LogP) is 3.60. The van der Waals surface area contributed by atoms with Gasteiger partial charge in [-0.1, -0.05) is 0 Å². The Bertz CT molecular complexity index is 1360. The summed E-state index contributed by atoms with van der Waals surface area (Å²) < 4.78 is 46.2. The van der Waals surface area contributed by atoms with Crippen LogP contribution < -0.4 is 4.72 Å². The van der Waals surface area contributed by atoms with Crippen molar-refractivity contribution in [3.8, 4) is 16.5 Å². The van der Waals surface area contributed by atoms with Gasteiger partial charge in [0, 0.05) is 0 Å². The molecule has 2 aliphatic rings. The Labute approximate surface area is 214 Å². The summed E-state index contributed by atoms with van der Waals surface area (Å²) >= 11 is 0.693. The fourth-order valence-electron chi connectivity index (χ4n) is 3.83. The number of hydrogen-bond donors (Lipinski definition) is 1. The molecular weight excluding hydrogens is 559 g/mol. The van der Waals surface area contributed by atoms with Gasteiger partial charge in [0.1, 0.15) is 0 Å². The summed E-state index contributed by atoms with van der Waals surface area (Å²) in [5.74, 6) is 0.503. The van der Waals surface area contributed by atoms with Crippen molar-refractivity contribution < 1.29 is 13.0 Å². The fraction of sp³-hybridized carbons (Fsp3) is 0.455. The monoisotopic (exact) mass is 583 g/mol. The van der Waals surface area contributed by atoms with Gasteiger partial charge >= 0.3 is 215 Å². The van der Waals surface area contributed by atoms with E-state index in [0.717, 1.165) is 40.8 Å². The van der Waals surface area contributed by atoms with E-state index in [9.17, 15) is 18.3 Å².